The van der Waals surface area contributed by atoms with Gasteiger partial charge < -0.3 is 0 Å². The molecule has 0 aliphatic heterocycles. The Balaban J connectivity index is 2.01. The highest BCUT2D eigenvalue weighted by molar-refractivity contribution is 7.98. The first-order valence-electron chi connectivity index (χ1n) is 5.20. The second kappa shape index (κ2) is 5.64. The highest BCUT2D eigenvalue weighted by atomic mass is 32.2. The highest BCUT2D eigenvalue weighted by Gasteiger charge is 1.98. The van der Waals surface area contributed by atoms with Crippen LogP contribution in [0.25, 0.3) is 0 Å². The van der Waals surface area contributed by atoms with Crippen LogP contribution in [0.4, 0.5) is 4.39 Å². The van der Waals surface area contributed by atoms with Crippen LogP contribution in [0.5, 0.6) is 0 Å². The van der Waals surface area contributed by atoms with E-state index in [0.29, 0.717) is 5.56 Å². The molecular weight excluding hydrogens is 235 g/mol. The standard InChI is InChI=1S/C14H11FOS/c15-13-6-4-11(5-7-13)10-17-14-3-1-2-12(8-14)9-16/h1-9H,10H2. The predicted octanol–water partition coefficient (Wildman–Crippen LogP) is 3.93. The molecule has 17 heavy (non-hydrogen) atoms. The normalized spacial score (nSPS) is 10.2. The second-order valence-electron chi connectivity index (χ2n) is 3.61. The first kappa shape index (κ1) is 11.9. The predicted molar refractivity (Wildman–Crippen MR) is 67.8 cm³/mol. The minimum Gasteiger partial charge on any atom is -0.298 e. The van der Waals surface area contributed by atoms with Crippen molar-refractivity contribution >= 4 is 18.0 Å². The molecule has 0 aromatic heterocycles. The molecule has 0 amide bonds. The van der Waals surface area contributed by atoms with E-state index in [1.807, 2.05) is 18.2 Å². The lowest BCUT2D eigenvalue weighted by atomic mass is 10.2. The number of halogens is 1. The summed E-state index contributed by atoms with van der Waals surface area (Å²) >= 11 is 1.63. The molecule has 0 heterocycles. The van der Waals surface area contributed by atoms with Gasteiger partial charge in [-0.05, 0) is 29.8 Å². The topological polar surface area (TPSA) is 17.1 Å². The summed E-state index contributed by atoms with van der Waals surface area (Å²) < 4.78 is 12.7. The van der Waals surface area contributed by atoms with Crippen LogP contribution in [0.2, 0.25) is 0 Å². The van der Waals surface area contributed by atoms with Gasteiger partial charge in [0.05, 0.1) is 0 Å². The molecule has 0 N–H and O–H groups in total. The van der Waals surface area contributed by atoms with Gasteiger partial charge in [0.25, 0.3) is 0 Å². The summed E-state index contributed by atoms with van der Waals surface area (Å²) in [6, 6.07) is 13.9. The fourth-order valence-corrected chi connectivity index (χ4v) is 2.34. The lowest BCUT2D eigenvalue weighted by molar-refractivity contribution is 0.112. The SMILES string of the molecule is O=Cc1cccc(SCc2ccc(F)cc2)c1. The Hall–Kier alpha value is -1.61. The third-order valence-corrected chi connectivity index (χ3v) is 3.38. The molecule has 1 nitrogen and oxygen atoms in total. The van der Waals surface area contributed by atoms with Crippen molar-refractivity contribution in [2.24, 2.45) is 0 Å². The molecule has 0 saturated carbocycles. The van der Waals surface area contributed by atoms with Crippen molar-refractivity contribution in [2.45, 2.75) is 10.6 Å². The maximum atomic E-state index is 12.7. The number of benzene rings is 2. The summed E-state index contributed by atoms with van der Waals surface area (Å²) in [5.74, 6) is 0.546. The van der Waals surface area contributed by atoms with E-state index in [2.05, 4.69) is 0 Å². The Bertz CT molecular complexity index is 508. The van der Waals surface area contributed by atoms with Gasteiger partial charge in [-0.1, -0.05) is 24.3 Å². The van der Waals surface area contributed by atoms with Gasteiger partial charge in [0.1, 0.15) is 12.1 Å². The van der Waals surface area contributed by atoms with Gasteiger partial charge in [0, 0.05) is 16.2 Å². The molecule has 0 bridgehead atoms. The van der Waals surface area contributed by atoms with Gasteiger partial charge in [-0.25, -0.2) is 4.39 Å². The van der Waals surface area contributed by atoms with E-state index >= 15 is 0 Å². The van der Waals surface area contributed by atoms with Crippen LogP contribution in [0, 0.1) is 5.82 Å². The van der Waals surface area contributed by atoms with Gasteiger partial charge in [0.15, 0.2) is 0 Å². The maximum Gasteiger partial charge on any atom is 0.150 e. The number of carbonyl (C=O) groups is 1. The van der Waals surface area contributed by atoms with Crippen molar-refractivity contribution in [3.8, 4) is 0 Å². The van der Waals surface area contributed by atoms with E-state index in [9.17, 15) is 9.18 Å². The summed E-state index contributed by atoms with van der Waals surface area (Å²) in [4.78, 5) is 11.7. The van der Waals surface area contributed by atoms with E-state index in [4.69, 9.17) is 0 Å². The van der Waals surface area contributed by atoms with Crippen LogP contribution in [-0.2, 0) is 5.75 Å². The Morgan fingerprint density at radius 2 is 1.88 bits per heavy atom. The summed E-state index contributed by atoms with van der Waals surface area (Å²) in [6.07, 6.45) is 0.835. The molecule has 2 aromatic rings. The molecule has 0 aliphatic rings. The van der Waals surface area contributed by atoms with Crippen LogP contribution in [0.15, 0.2) is 53.4 Å². The fourth-order valence-electron chi connectivity index (χ4n) is 1.42. The number of thioether (sulfide) groups is 1. The summed E-state index contributed by atoms with van der Waals surface area (Å²) in [7, 11) is 0. The van der Waals surface area contributed by atoms with E-state index in [1.165, 1.54) is 12.1 Å². The monoisotopic (exact) mass is 246 g/mol. The second-order valence-corrected chi connectivity index (χ2v) is 4.65. The van der Waals surface area contributed by atoms with Gasteiger partial charge in [-0.15, -0.1) is 11.8 Å². The molecule has 2 rings (SSSR count). The summed E-state index contributed by atoms with van der Waals surface area (Å²) in [5, 5.41) is 0. The van der Waals surface area contributed by atoms with Gasteiger partial charge >= 0.3 is 0 Å². The fraction of sp³-hybridized carbons (Fsp3) is 0.0714. The number of aldehydes is 1. The van der Waals surface area contributed by atoms with E-state index in [0.717, 1.165) is 22.5 Å². The first-order chi connectivity index (χ1) is 8.28. The zero-order chi connectivity index (χ0) is 12.1. The number of hydrogen-bond acceptors (Lipinski definition) is 2. The van der Waals surface area contributed by atoms with Gasteiger partial charge in [-0.2, -0.15) is 0 Å². The Labute approximate surface area is 104 Å². The van der Waals surface area contributed by atoms with Crippen molar-refractivity contribution < 1.29 is 9.18 Å². The summed E-state index contributed by atoms with van der Waals surface area (Å²) in [6.45, 7) is 0. The van der Waals surface area contributed by atoms with Crippen molar-refractivity contribution in [3.05, 3.63) is 65.5 Å². The van der Waals surface area contributed by atoms with Gasteiger partial charge in [0.2, 0.25) is 0 Å². The van der Waals surface area contributed by atoms with Crippen LogP contribution in [0.3, 0.4) is 0 Å². The van der Waals surface area contributed by atoms with Crippen LogP contribution in [0.1, 0.15) is 15.9 Å². The third kappa shape index (κ3) is 3.43. The molecular formula is C14H11FOS. The molecule has 0 saturated heterocycles. The zero-order valence-electron chi connectivity index (χ0n) is 9.10. The number of hydrogen-bond donors (Lipinski definition) is 0. The maximum absolute atomic E-state index is 12.7. The summed E-state index contributed by atoms with van der Waals surface area (Å²) in [5.41, 5.74) is 1.74. The molecule has 0 atom stereocenters. The molecule has 0 radical (unpaired) electrons. The molecule has 0 fully saturated rings. The average molecular weight is 246 g/mol. The number of rotatable bonds is 4. The van der Waals surface area contributed by atoms with Crippen LogP contribution < -0.4 is 0 Å². The minimum atomic E-state index is -0.221. The Morgan fingerprint density at radius 1 is 1.12 bits per heavy atom. The molecule has 0 aliphatic carbocycles. The first-order valence-corrected chi connectivity index (χ1v) is 6.19. The highest BCUT2D eigenvalue weighted by Crippen LogP contribution is 2.23. The zero-order valence-corrected chi connectivity index (χ0v) is 9.91. The molecule has 2 aromatic carbocycles. The molecule has 86 valence electrons. The molecule has 0 spiro atoms. The molecule has 0 unspecified atom stereocenters. The third-order valence-electron chi connectivity index (χ3n) is 2.31. The van der Waals surface area contributed by atoms with Crippen LogP contribution in [-0.4, -0.2) is 6.29 Å². The quantitative estimate of drug-likeness (QED) is 0.600. The van der Waals surface area contributed by atoms with Crippen LogP contribution >= 0.6 is 11.8 Å². The number of carbonyl (C=O) groups excluding carboxylic acids is 1. The Kier molecular flexibility index (Phi) is 3.94. The van der Waals surface area contributed by atoms with Crippen molar-refractivity contribution in [3.63, 3.8) is 0 Å². The largest absolute Gasteiger partial charge is 0.298 e. The van der Waals surface area contributed by atoms with E-state index in [-0.39, 0.29) is 5.82 Å². The van der Waals surface area contributed by atoms with E-state index < -0.39 is 0 Å². The lowest BCUT2D eigenvalue weighted by Gasteiger charge is -2.02. The van der Waals surface area contributed by atoms with Gasteiger partial charge in [-0.3, -0.25) is 4.79 Å². The van der Waals surface area contributed by atoms with Crippen molar-refractivity contribution in [2.75, 3.05) is 0 Å². The van der Waals surface area contributed by atoms with Crippen molar-refractivity contribution in [1.29, 1.82) is 0 Å². The Morgan fingerprint density at radius 3 is 2.59 bits per heavy atom. The average Bonchev–Trinajstić information content (AvgIpc) is 2.38. The lowest BCUT2D eigenvalue weighted by Crippen LogP contribution is -1.83. The minimum absolute atomic E-state index is 0.221. The van der Waals surface area contributed by atoms with Crippen molar-refractivity contribution in [1.82, 2.24) is 0 Å². The molecule has 3 heteroatoms. The van der Waals surface area contributed by atoms with E-state index in [1.54, 1.807) is 30.0 Å². The smallest absolute Gasteiger partial charge is 0.150 e.